The van der Waals surface area contributed by atoms with Gasteiger partial charge in [0.25, 0.3) is 5.69 Å². The molecule has 0 fully saturated rings. The van der Waals surface area contributed by atoms with Gasteiger partial charge in [-0.2, -0.15) is 0 Å². The van der Waals surface area contributed by atoms with Crippen molar-refractivity contribution in [3.63, 3.8) is 0 Å². The zero-order valence-electron chi connectivity index (χ0n) is 15.5. The number of aromatic amines is 1. The minimum Gasteiger partial charge on any atom is -0.341 e. The van der Waals surface area contributed by atoms with Crippen molar-refractivity contribution in [2.24, 2.45) is 0 Å². The molecule has 0 amide bonds. The molecule has 1 heterocycles. The zero-order valence-corrected chi connectivity index (χ0v) is 15.5. The molecule has 1 aromatic heterocycles. The second-order valence-corrected chi connectivity index (χ2v) is 6.88. The molecule has 0 unspecified atom stereocenters. The van der Waals surface area contributed by atoms with Gasteiger partial charge in [0.15, 0.2) is 0 Å². The van der Waals surface area contributed by atoms with E-state index < -0.39 is 4.92 Å². The van der Waals surface area contributed by atoms with Crippen LogP contribution < -0.4 is 0 Å². The SMILES string of the molecule is CN(Cc1ccc(-c2ccccc2)cc1)Cc1nc2ccc([N+](=O)[O-])cc2[nH]1. The Morgan fingerprint density at radius 2 is 1.68 bits per heavy atom. The van der Waals surface area contributed by atoms with E-state index in [0.717, 1.165) is 17.9 Å². The molecule has 0 bridgehead atoms. The van der Waals surface area contributed by atoms with Crippen LogP contribution in [-0.2, 0) is 13.1 Å². The Labute approximate surface area is 162 Å². The largest absolute Gasteiger partial charge is 0.341 e. The molecular formula is C22H20N4O2. The number of H-pyrrole nitrogens is 1. The molecule has 6 nitrogen and oxygen atoms in total. The van der Waals surface area contributed by atoms with E-state index >= 15 is 0 Å². The summed E-state index contributed by atoms with van der Waals surface area (Å²) in [5.74, 6) is 0.791. The number of nitro benzene ring substituents is 1. The maximum Gasteiger partial charge on any atom is 0.271 e. The van der Waals surface area contributed by atoms with E-state index in [2.05, 4.69) is 51.3 Å². The Morgan fingerprint density at radius 3 is 2.39 bits per heavy atom. The summed E-state index contributed by atoms with van der Waals surface area (Å²) in [6.45, 7) is 1.41. The van der Waals surface area contributed by atoms with Crippen LogP contribution in [0.15, 0.2) is 72.8 Å². The lowest BCUT2D eigenvalue weighted by Gasteiger charge is -2.15. The fraction of sp³-hybridized carbons (Fsp3) is 0.136. The Balaban J connectivity index is 1.43. The van der Waals surface area contributed by atoms with Gasteiger partial charge in [0.2, 0.25) is 0 Å². The van der Waals surface area contributed by atoms with Crippen molar-refractivity contribution in [1.29, 1.82) is 0 Å². The van der Waals surface area contributed by atoms with Crippen LogP contribution in [0.1, 0.15) is 11.4 Å². The molecule has 0 aliphatic carbocycles. The highest BCUT2D eigenvalue weighted by atomic mass is 16.6. The predicted molar refractivity (Wildman–Crippen MR) is 110 cm³/mol. The maximum absolute atomic E-state index is 10.9. The summed E-state index contributed by atoms with van der Waals surface area (Å²) < 4.78 is 0. The van der Waals surface area contributed by atoms with Crippen LogP contribution in [0.4, 0.5) is 5.69 Å². The van der Waals surface area contributed by atoms with Crippen LogP contribution in [0.5, 0.6) is 0 Å². The fourth-order valence-corrected chi connectivity index (χ4v) is 3.30. The summed E-state index contributed by atoms with van der Waals surface area (Å²) in [6, 6.07) is 23.5. The average Bonchev–Trinajstić information content (AvgIpc) is 3.10. The zero-order chi connectivity index (χ0) is 19.5. The molecule has 0 atom stereocenters. The summed E-state index contributed by atoms with van der Waals surface area (Å²) in [5, 5.41) is 10.9. The molecule has 28 heavy (non-hydrogen) atoms. The first kappa shape index (κ1) is 17.9. The molecular weight excluding hydrogens is 352 g/mol. The van der Waals surface area contributed by atoms with E-state index in [0.29, 0.717) is 12.1 Å². The highest BCUT2D eigenvalue weighted by molar-refractivity contribution is 5.77. The maximum atomic E-state index is 10.9. The molecule has 3 aromatic carbocycles. The molecule has 4 rings (SSSR count). The summed E-state index contributed by atoms with van der Waals surface area (Å²) in [6.07, 6.45) is 0. The number of hydrogen-bond acceptors (Lipinski definition) is 4. The van der Waals surface area contributed by atoms with Gasteiger partial charge in [-0.05, 0) is 29.8 Å². The number of rotatable bonds is 6. The van der Waals surface area contributed by atoms with E-state index in [4.69, 9.17) is 0 Å². The molecule has 140 valence electrons. The van der Waals surface area contributed by atoms with Crippen molar-refractivity contribution in [3.05, 3.63) is 94.3 Å². The first-order chi connectivity index (χ1) is 13.6. The van der Waals surface area contributed by atoms with Crippen LogP contribution in [-0.4, -0.2) is 26.8 Å². The van der Waals surface area contributed by atoms with Crippen LogP contribution >= 0.6 is 0 Å². The van der Waals surface area contributed by atoms with Crippen molar-refractivity contribution in [1.82, 2.24) is 14.9 Å². The number of imidazole rings is 1. The smallest absolute Gasteiger partial charge is 0.271 e. The second-order valence-electron chi connectivity index (χ2n) is 6.88. The van der Waals surface area contributed by atoms with E-state index in [1.165, 1.54) is 28.8 Å². The standard InChI is InChI=1S/C22H20N4O2/c1-25(14-16-7-9-18(10-8-16)17-5-3-2-4-6-17)15-22-23-20-12-11-19(26(27)28)13-21(20)24-22/h2-13H,14-15H2,1H3,(H,23,24). The van der Waals surface area contributed by atoms with Gasteiger partial charge in [-0.1, -0.05) is 54.6 Å². The van der Waals surface area contributed by atoms with E-state index in [-0.39, 0.29) is 5.69 Å². The third-order valence-corrected chi connectivity index (χ3v) is 4.66. The minimum atomic E-state index is -0.398. The van der Waals surface area contributed by atoms with Gasteiger partial charge in [0, 0.05) is 18.7 Å². The van der Waals surface area contributed by atoms with Crippen molar-refractivity contribution in [2.75, 3.05) is 7.05 Å². The van der Waals surface area contributed by atoms with Crippen molar-refractivity contribution in [2.45, 2.75) is 13.1 Å². The van der Waals surface area contributed by atoms with Gasteiger partial charge >= 0.3 is 0 Å². The average molecular weight is 372 g/mol. The van der Waals surface area contributed by atoms with Crippen LogP contribution in [0.3, 0.4) is 0 Å². The Bertz CT molecular complexity index is 1100. The lowest BCUT2D eigenvalue weighted by molar-refractivity contribution is -0.384. The third-order valence-electron chi connectivity index (χ3n) is 4.66. The van der Waals surface area contributed by atoms with Gasteiger partial charge in [-0.3, -0.25) is 15.0 Å². The monoisotopic (exact) mass is 372 g/mol. The van der Waals surface area contributed by atoms with Gasteiger partial charge in [0.1, 0.15) is 5.82 Å². The molecule has 0 saturated heterocycles. The van der Waals surface area contributed by atoms with E-state index in [1.807, 2.05) is 25.2 Å². The first-order valence-electron chi connectivity index (χ1n) is 9.04. The van der Waals surface area contributed by atoms with Gasteiger partial charge in [0.05, 0.1) is 22.5 Å². The van der Waals surface area contributed by atoms with Crippen molar-refractivity contribution < 1.29 is 4.92 Å². The number of hydrogen-bond donors (Lipinski definition) is 1. The van der Waals surface area contributed by atoms with Gasteiger partial charge < -0.3 is 4.98 Å². The summed E-state index contributed by atoms with van der Waals surface area (Å²) >= 11 is 0. The first-order valence-corrected chi connectivity index (χ1v) is 9.04. The third kappa shape index (κ3) is 3.92. The molecule has 0 radical (unpaired) electrons. The number of nitrogens with one attached hydrogen (secondary N) is 1. The Morgan fingerprint density at radius 1 is 0.964 bits per heavy atom. The Hall–Kier alpha value is -3.51. The summed E-state index contributed by atoms with van der Waals surface area (Å²) in [5.41, 5.74) is 5.11. The number of non-ortho nitro benzene ring substituents is 1. The molecule has 0 spiro atoms. The van der Waals surface area contributed by atoms with Crippen molar-refractivity contribution in [3.8, 4) is 11.1 Å². The fourth-order valence-electron chi connectivity index (χ4n) is 3.30. The number of nitro groups is 1. The highest BCUT2D eigenvalue weighted by Crippen LogP contribution is 2.21. The molecule has 1 N–H and O–H groups in total. The van der Waals surface area contributed by atoms with Crippen LogP contribution in [0.2, 0.25) is 0 Å². The Kier molecular flexibility index (Phi) is 4.87. The summed E-state index contributed by atoms with van der Waals surface area (Å²) in [7, 11) is 2.03. The molecule has 0 aliphatic heterocycles. The number of aromatic nitrogens is 2. The number of nitrogens with zero attached hydrogens (tertiary/aromatic N) is 3. The molecule has 6 heteroatoms. The van der Waals surface area contributed by atoms with Crippen LogP contribution in [0, 0.1) is 10.1 Å². The summed E-state index contributed by atoms with van der Waals surface area (Å²) in [4.78, 5) is 20.4. The normalized spacial score (nSPS) is 11.2. The molecule has 0 saturated carbocycles. The molecule has 0 aliphatic rings. The quantitative estimate of drug-likeness (QED) is 0.391. The number of fused-ring (bicyclic) bond motifs is 1. The second kappa shape index (κ2) is 7.62. The highest BCUT2D eigenvalue weighted by Gasteiger charge is 2.11. The van der Waals surface area contributed by atoms with E-state index in [1.54, 1.807) is 6.07 Å². The van der Waals surface area contributed by atoms with Crippen LogP contribution in [0.25, 0.3) is 22.2 Å². The van der Waals surface area contributed by atoms with Gasteiger partial charge in [-0.15, -0.1) is 0 Å². The number of benzene rings is 3. The van der Waals surface area contributed by atoms with Crippen molar-refractivity contribution >= 4 is 16.7 Å². The van der Waals surface area contributed by atoms with E-state index in [9.17, 15) is 10.1 Å². The minimum absolute atomic E-state index is 0.0644. The lowest BCUT2D eigenvalue weighted by Crippen LogP contribution is -2.18. The lowest BCUT2D eigenvalue weighted by atomic mass is 10.0. The molecule has 4 aromatic rings. The topological polar surface area (TPSA) is 75.1 Å². The van der Waals surface area contributed by atoms with Gasteiger partial charge in [-0.25, -0.2) is 4.98 Å². The predicted octanol–water partition coefficient (Wildman–Crippen LogP) is 4.77.